The van der Waals surface area contributed by atoms with Crippen LogP contribution in [0.3, 0.4) is 0 Å². The van der Waals surface area contributed by atoms with Gasteiger partial charge in [-0.3, -0.25) is 4.79 Å². The number of hydrogen-bond acceptors (Lipinski definition) is 5. The second-order valence-electron chi connectivity index (χ2n) is 5.81. The van der Waals surface area contributed by atoms with Crippen molar-refractivity contribution in [1.82, 2.24) is 10.1 Å². The molecule has 0 bridgehead atoms. The van der Waals surface area contributed by atoms with Crippen LogP contribution in [0.2, 0.25) is 5.02 Å². The van der Waals surface area contributed by atoms with Gasteiger partial charge in [0, 0.05) is 17.7 Å². The monoisotopic (exact) mass is 405 g/mol. The molecular weight excluding hydrogens is 389 g/mol. The number of benzene rings is 2. The van der Waals surface area contributed by atoms with Gasteiger partial charge in [-0.25, -0.2) is 4.39 Å². The number of para-hydroxylation sites is 1. The molecule has 3 rings (SSSR count). The van der Waals surface area contributed by atoms with Crippen LogP contribution in [-0.4, -0.2) is 21.8 Å². The Morgan fingerprint density at radius 1 is 1.30 bits per heavy atom. The van der Waals surface area contributed by atoms with E-state index in [4.69, 9.17) is 16.1 Å². The zero-order valence-electron chi connectivity index (χ0n) is 14.5. The molecule has 0 aliphatic rings. The molecule has 0 radical (unpaired) electrons. The summed E-state index contributed by atoms with van der Waals surface area (Å²) in [5, 5.41) is 7.15. The molecule has 0 aliphatic carbocycles. The quantitative estimate of drug-likeness (QED) is 0.554. The van der Waals surface area contributed by atoms with Crippen LogP contribution in [0.25, 0.3) is 11.4 Å². The second-order valence-corrected chi connectivity index (χ2v) is 7.32. The fourth-order valence-electron chi connectivity index (χ4n) is 2.26. The summed E-state index contributed by atoms with van der Waals surface area (Å²) in [5.74, 6) is 1.42. The van der Waals surface area contributed by atoms with Crippen LogP contribution < -0.4 is 5.32 Å². The minimum atomic E-state index is -0.308. The van der Waals surface area contributed by atoms with Crippen molar-refractivity contribution in [1.29, 1.82) is 0 Å². The predicted octanol–water partition coefficient (Wildman–Crippen LogP) is 5.10. The lowest BCUT2D eigenvalue weighted by Gasteiger charge is -2.06. The van der Waals surface area contributed by atoms with E-state index in [-0.39, 0.29) is 11.7 Å². The SMILES string of the molecule is Cc1ccc(-c2noc(CSCCC(=O)Nc3ccccc3Cl)n2)cc1F. The fraction of sp³-hybridized carbons (Fsp3) is 0.211. The highest BCUT2D eigenvalue weighted by Crippen LogP contribution is 2.22. The normalized spacial score (nSPS) is 10.8. The van der Waals surface area contributed by atoms with E-state index in [2.05, 4.69) is 15.5 Å². The lowest BCUT2D eigenvalue weighted by molar-refractivity contribution is -0.115. The maximum atomic E-state index is 13.6. The highest BCUT2D eigenvalue weighted by Gasteiger charge is 2.11. The molecule has 1 N–H and O–H groups in total. The van der Waals surface area contributed by atoms with E-state index >= 15 is 0 Å². The molecule has 3 aromatic rings. The molecule has 0 saturated heterocycles. The molecule has 0 unspecified atom stereocenters. The lowest BCUT2D eigenvalue weighted by Crippen LogP contribution is -2.12. The molecule has 0 atom stereocenters. The third-order valence-corrected chi connectivity index (χ3v) is 5.02. The zero-order chi connectivity index (χ0) is 19.2. The molecule has 1 heterocycles. The number of thioether (sulfide) groups is 1. The van der Waals surface area contributed by atoms with Crippen LogP contribution in [0.4, 0.5) is 10.1 Å². The summed E-state index contributed by atoms with van der Waals surface area (Å²) in [4.78, 5) is 16.2. The molecule has 1 amide bonds. The molecule has 0 aliphatic heterocycles. The summed E-state index contributed by atoms with van der Waals surface area (Å²) in [7, 11) is 0. The summed E-state index contributed by atoms with van der Waals surface area (Å²) in [6, 6.07) is 11.9. The lowest BCUT2D eigenvalue weighted by atomic mass is 10.1. The number of aromatic nitrogens is 2. The van der Waals surface area contributed by atoms with Gasteiger partial charge in [-0.2, -0.15) is 16.7 Å². The molecule has 1 aromatic heterocycles. The van der Waals surface area contributed by atoms with Crippen molar-refractivity contribution < 1.29 is 13.7 Å². The molecule has 0 spiro atoms. The molecular formula is C19H17ClFN3O2S. The Morgan fingerprint density at radius 3 is 2.89 bits per heavy atom. The smallest absolute Gasteiger partial charge is 0.236 e. The number of nitrogens with one attached hydrogen (secondary N) is 1. The standard InChI is InChI=1S/C19H17ClFN3O2S/c1-12-6-7-13(10-15(12)21)19-23-18(26-24-19)11-27-9-8-17(25)22-16-5-3-2-4-14(16)20/h2-7,10H,8-9,11H2,1H3,(H,22,25). The van der Waals surface area contributed by atoms with E-state index in [9.17, 15) is 9.18 Å². The number of carbonyl (C=O) groups is 1. The Kier molecular flexibility index (Phi) is 6.47. The molecule has 2 aromatic carbocycles. The van der Waals surface area contributed by atoms with E-state index in [1.807, 2.05) is 6.07 Å². The summed E-state index contributed by atoms with van der Waals surface area (Å²) >= 11 is 7.51. The first kappa shape index (κ1) is 19.4. The molecule has 5 nitrogen and oxygen atoms in total. The van der Waals surface area contributed by atoms with Gasteiger partial charge in [0.1, 0.15) is 5.82 Å². The molecule has 27 heavy (non-hydrogen) atoms. The van der Waals surface area contributed by atoms with Gasteiger partial charge in [-0.05, 0) is 30.7 Å². The molecule has 8 heteroatoms. The van der Waals surface area contributed by atoms with Gasteiger partial charge in [0.2, 0.25) is 17.6 Å². The Balaban J connectivity index is 1.46. The zero-order valence-corrected chi connectivity index (χ0v) is 16.1. The van der Waals surface area contributed by atoms with Gasteiger partial charge in [0.15, 0.2) is 0 Å². The number of carbonyl (C=O) groups excluding carboxylic acids is 1. The van der Waals surface area contributed by atoms with Crippen LogP contribution >= 0.6 is 23.4 Å². The van der Waals surface area contributed by atoms with Crippen molar-refractivity contribution in [3.05, 3.63) is 64.8 Å². The van der Waals surface area contributed by atoms with Crippen molar-refractivity contribution in [3.8, 4) is 11.4 Å². The van der Waals surface area contributed by atoms with E-state index in [1.54, 1.807) is 37.3 Å². The number of amides is 1. The van der Waals surface area contributed by atoms with Crippen molar-refractivity contribution in [2.75, 3.05) is 11.1 Å². The second kappa shape index (κ2) is 9.01. The van der Waals surface area contributed by atoms with Crippen molar-refractivity contribution in [3.63, 3.8) is 0 Å². The Hall–Kier alpha value is -2.38. The van der Waals surface area contributed by atoms with Gasteiger partial charge in [0.05, 0.1) is 16.5 Å². The minimum Gasteiger partial charge on any atom is -0.338 e. The first-order valence-corrected chi connectivity index (χ1v) is 9.77. The molecule has 140 valence electrons. The summed E-state index contributed by atoms with van der Waals surface area (Å²) < 4.78 is 18.8. The number of halogens is 2. The predicted molar refractivity (Wildman–Crippen MR) is 105 cm³/mol. The highest BCUT2D eigenvalue weighted by atomic mass is 35.5. The largest absolute Gasteiger partial charge is 0.338 e. The van der Waals surface area contributed by atoms with Crippen molar-refractivity contribution in [2.45, 2.75) is 19.1 Å². The average Bonchev–Trinajstić information content (AvgIpc) is 3.12. The summed E-state index contributed by atoms with van der Waals surface area (Å²) in [5.41, 5.74) is 1.73. The minimum absolute atomic E-state index is 0.114. The van der Waals surface area contributed by atoms with Gasteiger partial charge in [-0.15, -0.1) is 0 Å². The van der Waals surface area contributed by atoms with E-state index < -0.39 is 0 Å². The Morgan fingerprint density at radius 2 is 2.11 bits per heavy atom. The van der Waals surface area contributed by atoms with Crippen LogP contribution in [0.5, 0.6) is 0 Å². The third-order valence-electron chi connectivity index (χ3n) is 3.75. The topological polar surface area (TPSA) is 68.0 Å². The number of aryl methyl sites for hydroxylation is 1. The van der Waals surface area contributed by atoms with Crippen LogP contribution in [0.15, 0.2) is 47.0 Å². The van der Waals surface area contributed by atoms with Gasteiger partial charge < -0.3 is 9.84 Å². The average molecular weight is 406 g/mol. The number of hydrogen-bond donors (Lipinski definition) is 1. The highest BCUT2D eigenvalue weighted by molar-refractivity contribution is 7.98. The number of rotatable bonds is 7. The fourth-order valence-corrected chi connectivity index (χ4v) is 3.21. The van der Waals surface area contributed by atoms with E-state index in [0.717, 1.165) is 0 Å². The molecule has 0 saturated carbocycles. The summed E-state index contributed by atoms with van der Waals surface area (Å²) in [6.07, 6.45) is 0.333. The van der Waals surface area contributed by atoms with Gasteiger partial charge in [0.25, 0.3) is 0 Å². The maximum absolute atomic E-state index is 13.6. The van der Waals surface area contributed by atoms with Gasteiger partial charge >= 0.3 is 0 Å². The van der Waals surface area contributed by atoms with Crippen LogP contribution in [-0.2, 0) is 10.5 Å². The van der Waals surface area contributed by atoms with Crippen molar-refractivity contribution in [2.24, 2.45) is 0 Å². The number of anilines is 1. The maximum Gasteiger partial charge on any atom is 0.236 e. The van der Waals surface area contributed by atoms with Gasteiger partial charge in [-0.1, -0.05) is 41.0 Å². The van der Waals surface area contributed by atoms with E-state index in [1.165, 1.54) is 17.8 Å². The van der Waals surface area contributed by atoms with E-state index in [0.29, 0.717) is 51.5 Å². The van der Waals surface area contributed by atoms with Crippen LogP contribution in [0, 0.1) is 12.7 Å². The van der Waals surface area contributed by atoms with Crippen LogP contribution in [0.1, 0.15) is 17.9 Å². The third kappa shape index (κ3) is 5.30. The van der Waals surface area contributed by atoms with Crippen molar-refractivity contribution >= 4 is 35.0 Å². The summed E-state index contributed by atoms with van der Waals surface area (Å²) in [6.45, 7) is 1.69. The molecule has 0 fully saturated rings. The first-order chi connectivity index (χ1) is 13.0. The number of nitrogens with zero attached hydrogens (tertiary/aromatic N) is 2. The first-order valence-electron chi connectivity index (χ1n) is 8.24. The Labute approximate surface area is 165 Å². The Bertz CT molecular complexity index is 948.